The average Bonchev–Trinajstić information content (AvgIpc) is 3.57. The van der Waals surface area contributed by atoms with E-state index < -0.39 is 20.0 Å². The molecule has 1 aliphatic heterocycles. The number of benzene rings is 4. The van der Waals surface area contributed by atoms with Crippen LogP contribution in [0.15, 0.2) is 59.7 Å². The fourth-order valence-corrected chi connectivity index (χ4v) is 27.5. The second-order valence-corrected chi connectivity index (χ2v) is 32.9. The Morgan fingerprint density at radius 1 is 0.556 bits per heavy atom. The molecule has 1 heteroatoms. The van der Waals surface area contributed by atoms with Crippen molar-refractivity contribution in [2.45, 2.75) is 91.4 Å². The Morgan fingerprint density at radius 2 is 0.933 bits per heavy atom. The van der Waals surface area contributed by atoms with Crippen LogP contribution in [0.5, 0.6) is 0 Å². The Balaban J connectivity index is 1.36. The van der Waals surface area contributed by atoms with Crippen LogP contribution < -0.4 is 0 Å². The fraction of sp³-hybridized carbons (Fsp3) is 0.364. The van der Waals surface area contributed by atoms with Crippen molar-refractivity contribution in [3.63, 3.8) is 0 Å². The molecule has 3 aliphatic carbocycles. The number of fused-ring (bicyclic) bond motifs is 8. The molecule has 1 saturated carbocycles. The van der Waals surface area contributed by atoms with Crippen LogP contribution in [0.4, 0.5) is 0 Å². The summed E-state index contributed by atoms with van der Waals surface area (Å²) in [6.07, 6.45) is 9.47. The van der Waals surface area contributed by atoms with Crippen LogP contribution in [0.25, 0.3) is 34.4 Å². The number of rotatable bonds is 2. The van der Waals surface area contributed by atoms with E-state index in [2.05, 4.69) is 125 Å². The number of hydrogen-bond acceptors (Lipinski definition) is 0. The first-order chi connectivity index (χ1) is 21.4. The van der Waals surface area contributed by atoms with Gasteiger partial charge >= 0.3 is 278 Å². The average molecular weight is 755 g/mol. The summed E-state index contributed by atoms with van der Waals surface area (Å²) in [5.74, 6) is 0. The van der Waals surface area contributed by atoms with Crippen molar-refractivity contribution in [1.82, 2.24) is 0 Å². The third kappa shape index (κ3) is 3.80. The monoisotopic (exact) mass is 756 g/mol. The summed E-state index contributed by atoms with van der Waals surface area (Å²) in [6.45, 7) is 18.5. The van der Waals surface area contributed by atoms with Gasteiger partial charge in [-0.3, -0.25) is 0 Å². The first-order valence-corrected chi connectivity index (χ1v) is 28.6. The van der Waals surface area contributed by atoms with Gasteiger partial charge in [0, 0.05) is 0 Å². The van der Waals surface area contributed by atoms with Crippen LogP contribution in [-0.2, 0) is 20.0 Å². The van der Waals surface area contributed by atoms with Gasteiger partial charge in [-0.25, -0.2) is 0 Å². The van der Waals surface area contributed by atoms with Crippen molar-refractivity contribution >= 4 is 12.2 Å². The molecule has 4 aliphatic rings. The van der Waals surface area contributed by atoms with Crippen LogP contribution in [0.1, 0.15) is 93.4 Å². The second kappa shape index (κ2) is 9.87. The first-order valence-electron chi connectivity index (χ1n) is 17.2. The van der Waals surface area contributed by atoms with Crippen LogP contribution in [0.2, 0.25) is 9.36 Å². The SMILES string of the molecule is Cc1cc(C)c(C)c(-c2cccc3c2C=C2[CH]3[Hf]([CH3])([CH3])[CH]3C(=Cc4c(-c5c(C)c(C)cc(C)c5C)cccc43)C23CCC3)c1C. The molecule has 0 bridgehead atoms. The van der Waals surface area contributed by atoms with Crippen molar-refractivity contribution < 1.29 is 20.0 Å². The Labute approximate surface area is 276 Å². The van der Waals surface area contributed by atoms with Crippen molar-refractivity contribution in [1.29, 1.82) is 0 Å². The predicted molar refractivity (Wildman–Crippen MR) is 191 cm³/mol. The number of aryl methyl sites for hydroxylation is 4. The Kier molecular flexibility index (Phi) is 6.50. The summed E-state index contributed by atoms with van der Waals surface area (Å²) in [5, 5.41) is 0. The molecule has 0 N–H and O–H groups in total. The molecule has 4 aromatic carbocycles. The summed E-state index contributed by atoms with van der Waals surface area (Å²) in [6, 6.07) is 19.4. The summed E-state index contributed by atoms with van der Waals surface area (Å²) >= 11 is -3.09. The van der Waals surface area contributed by atoms with Gasteiger partial charge in [-0.15, -0.1) is 0 Å². The summed E-state index contributed by atoms with van der Waals surface area (Å²) in [7, 11) is 0. The molecule has 1 saturated heterocycles. The maximum absolute atomic E-state index is 3.09. The molecule has 1 heterocycles. The minimum atomic E-state index is -3.09. The van der Waals surface area contributed by atoms with Crippen molar-refractivity contribution in [2.75, 3.05) is 0 Å². The van der Waals surface area contributed by atoms with Crippen molar-refractivity contribution in [3.05, 3.63) is 126 Å². The van der Waals surface area contributed by atoms with Gasteiger partial charge in [0.25, 0.3) is 0 Å². The summed E-state index contributed by atoms with van der Waals surface area (Å²) in [4.78, 5) is 0. The number of hydrogen-bond donors (Lipinski definition) is 0. The molecule has 8 rings (SSSR count). The van der Waals surface area contributed by atoms with E-state index in [0.717, 1.165) is 0 Å². The summed E-state index contributed by atoms with van der Waals surface area (Å²) < 4.78 is 6.92. The van der Waals surface area contributed by atoms with Gasteiger partial charge in [-0.1, -0.05) is 0 Å². The van der Waals surface area contributed by atoms with E-state index in [-0.39, 0.29) is 5.41 Å². The zero-order valence-corrected chi connectivity index (χ0v) is 32.6. The fourth-order valence-electron chi connectivity index (χ4n) is 10.4. The van der Waals surface area contributed by atoms with Gasteiger partial charge in [0.05, 0.1) is 0 Å². The summed E-state index contributed by atoms with van der Waals surface area (Å²) in [5.41, 5.74) is 27.5. The second-order valence-electron chi connectivity index (χ2n) is 15.7. The van der Waals surface area contributed by atoms with Gasteiger partial charge < -0.3 is 0 Å². The van der Waals surface area contributed by atoms with E-state index in [0.29, 0.717) is 7.35 Å². The van der Waals surface area contributed by atoms with Gasteiger partial charge in [0.2, 0.25) is 0 Å². The molecule has 0 radical (unpaired) electrons. The van der Waals surface area contributed by atoms with Gasteiger partial charge in [0.15, 0.2) is 0 Å². The molecular weight excluding hydrogens is 707 g/mol. The molecule has 0 amide bonds. The minimum absolute atomic E-state index is 0.233. The van der Waals surface area contributed by atoms with E-state index in [1.165, 1.54) is 86.0 Å². The van der Waals surface area contributed by atoms with Crippen LogP contribution in [0.3, 0.4) is 0 Å². The zero-order valence-electron chi connectivity index (χ0n) is 29.0. The van der Waals surface area contributed by atoms with Gasteiger partial charge in [-0.2, -0.15) is 0 Å². The first kappa shape index (κ1) is 29.6. The van der Waals surface area contributed by atoms with Crippen molar-refractivity contribution in [3.8, 4) is 22.3 Å². The van der Waals surface area contributed by atoms with E-state index >= 15 is 0 Å². The third-order valence-corrected chi connectivity index (χ3v) is 28.4. The van der Waals surface area contributed by atoms with Gasteiger partial charge in [-0.05, 0) is 0 Å². The van der Waals surface area contributed by atoms with E-state index in [9.17, 15) is 0 Å². The Hall–Kier alpha value is -2.77. The normalized spacial score (nSPS) is 21.5. The van der Waals surface area contributed by atoms with Crippen LogP contribution >= 0.6 is 0 Å². The molecule has 45 heavy (non-hydrogen) atoms. The molecule has 4 aromatic rings. The van der Waals surface area contributed by atoms with Crippen molar-refractivity contribution in [2.24, 2.45) is 5.41 Å². The third-order valence-electron chi connectivity index (χ3n) is 13.2. The molecule has 1 spiro atoms. The van der Waals surface area contributed by atoms with Crippen LogP contribution in [0, 0.1) is 60.8 Å². The molecule has 2 atom stereocenters. The van der Waals surface area contributed by atoms with E-state index in [1.807, 2.05) is 0 Å². The maximum atomic E-state index is 2.81. The molecule has 2 unspecified atom stereocenters. The quantitative estimate of drug-likeness (QED) is 0.179. The van der Waals surface area contributed by atoms with E-state index in [4.69, 9.17) is 0 Å². The Morgan fingerprint density at radius 3 is 1.27 bits per heavy atom. The molecule has 0 aromatic heterocycles. The molecule has 228 valence electrons. The predicted octanol–water partition coefficient (Wildman–Crippen LogP) is 12.5. The molecular formula is C44H48Hf. The topological polar surface area (TPSA) is 0 Å². The molecule has 2 fully saturated rings. The standard InChI is InChI=1S/C42H42.2CH3.Hf/c1-24-18-25(2)29(6)40(28(24)5)36-14-9-12-32-20-34(22-38(32)36)42(16-11-17-42)35-21-33-13-10-15-37(39(33)23-35)41-30(7)26(3)19-27(4)31(41)8;;;/h9-10,12-15,18-23H,11,16-17H2,1-8H3;2*1H3;. The number of allylic oxidation sites excluding steroid dienone is 2. The van der Waals surface area contributed by atoms with E-state index in [1.54, 1.807) is 33.4 Å². The van der Waals surface area contributed by atoms with Gasteiger partial charge in [0.1, 0.15) is 0 Å². The Bertz CT molecular complexity index is 1850. The molecule has 0 nitrogen and oxygen atoms in total. The van der Waals surface area contributed by atoms with Crippen LogP contribution in [-0.4, -0.2) is 0 Å². The zero-order chi connectivity index (χ0) is 31.7.